The molecule has 13 heavy (non-hydrogen) atoms. The van der Waals surface area contributed by atoms with Gasteiger partial charge in [-0.05, 0) is 13.0 Å². The van der Waals surface area contributed by atoms with E-state index in [-0.39, 0.29) is 5.57 Å². The van der Waals surface area contributed by atoms with Crippen molar-refractivity contribution in [1.29, 1.82) is 0 Å². The minimum absolute atomic E-state index is 0.173. The molecule has 8 heteroatoms. The van der Waals surface area contributed by atoms with E-state index in [0.717, 1.165) is 6.08 Å². The van der Waals surface area contributed by atoms with Crippen LogP contribution in [0.25, 0.3) is 0 Å². The van der Waals surface area contributed by atoms with Gasteiger partial charge in [-0.25, -0.2) is 4.84 Å². The lowest BCUT2D eigenvalue weighted by Gasteiger charge is -1.95. The maximum atomic E-state index is 10.6. The first kappa shape index (κ1) is 11.0. The Kier molecular flexibility index (Phi) is 4.07. The first-order valence-electron chi connectivity index (χ1n) is 3.08. The third-order valence-electron chi connectivity index (χ3n) is 1.03. The van der Waals surface area contributed by atoms with E-state index < -0.39 is 22.5 Å². The summed E-state index contributed by atoms with van der Waals surface area (Å²) in [5, 5.41) is 18.2. The molecule has 0 spiro atoms. The minimum atomic E-state index is -1.27. The molecule has 0 fully saturated rings. The molecule has 0 aliphatic rings. The van der Waals surface area contributed by atoms with E-state index in [0.29, 0.717) is 0 Å². The highest BCUT2D eigenvalue weighted by molar-refractivity contribution is 5.87. The standard InChI is InChI=1S/C5H6N2O6/c1-4(2-3-6(9)10)5(8)13-7(11)12/h2H,3H2,1H3/b4-2+. The molecule has 0 aliphatic heterocycles. The molecule has 0 atom stereocenters. The zero-order chi connectivity index (χ0) is 10.4. The average molecular weight is 190 g/mol. The van der Waals surface area contributed by atoms with Crippen LogP contribution in [-0.4, -0.2) is 22.5 Å². The average Bonchev–Trinajstić information content (AvgIpc) is 1.98. The van der Waals surface area contributed by atoms with Crippen molar-refractivity contribution >= 4 is 5.97 Å². The van der Waals surface area contributed by atoms with E-state index in [1.807, 2.05) is 0 Å². The second-order valence-electron chi connectivity index (χ2n) is 2.00. The quantitative estimate of drug-likeness (QED) is 0.348. The van der Waals surface area contributed by atoms with Crippen molar-refractivity contribution in [2.45, 2.75) is 6.92 Å². The Bertz CT molecular complexity index is 270. The fourth-order valence-corrected chi connectivity index (χ4v) is 0.434. The maximum Gasteiger partial charge on any atom is 0.330 e. The predicted octanol–water partition coefficient (Wildman–Crippen LogP) is -0.0557. The zero-order valence-electron chi connectivity index (χ0n) is 6.63. The fraction of sp³-hybridized carbons (Fsp3) is 0.400. The molecule has 0 saturated heterocycles. The topological polar surface area (TPSA) is 113 Å². The lowest BCUT2D eigenvalue weighted by Crippen LogP contribution is -2.12. The molecular weight excluding hydrogens is 184 g/mol. The Balaban J connectivity index is 4.16. The van der Waals surface area contributed by atoms with Gasteiger partial charge in [0, 0.05) is 10.5 Å². The van der Waals surface area contributed by atoms with Crippen LogP contribution in [-0.2, 0) is 9.63 Å². The van der Waals surface area contributed by atoms with Gasteiger partial charge in [0.1, 0.15) is 0 Å². The molecule has 72 valence electrons. The SMILES string of the molecule is C/C(=C\C[N+](=O)[O-])C(=O)O[N+](=O)[O-]. The number of hydrogen-bond donors (Lipinski definition) is 0. The number of rotatable bonds is 4. The molecule has 0 bridgehead atoms. The van der Waals surface area contributed by atoms with Gasteiger partial charge < -0.3 is 0 Å². The Labute approximate surface area is 72.0 Å². The number of nitro groups is 1. The summed E-state index contributed by atoms with van der Waals surface area (Å²) in [4.78, 5) is 32.9. The van der Waals surface area contributed by atoms with E-state index in [9.17, 15) is 25.0 Å². The third kappa shape index (κ3) is 5.30. The summed E-state index contributed by atoms with van der Waals surface area (Å²) in [6.07, 6.45) is 0.936. The van der Waals surface area contributed by atoms with Crippen LogP contribution in [0.1, 0.15) is 6.92 Å². The lowest BCUT2D eigenvalue weighted by molar-refractivity contribution is -0.728. The van der Waals surface area contributed by atoms with Crippen molar-refractivity contribution in [2.75, 3.05) is 6.54 Å². The molecular formula is C5H6N2O6. The van der Waals surface area contributed by atoms with Gasteiger partial charge in [-0.3, -0.25) is 14.9 Å². The third-order valence-corrected chi connectivity index (χ3v) is 1.03. The minimum Gasteiger partial charge on any atom is -0.264 e. The van der Waals surface area contributed by atoms with E-state index in [4.69, 9.17) is 0 Å². The number of carbonyl (C=O) groups excluding carboxylic acids is 1. The van der Waals surface area contributed by atoms with Gasteiger partial charge in [-0.1, -0.05) is 0 Å². The van der Waals surface area contributed by atoms with Gasteiger partial charge in [-0.2, -0.15) is 0 Å². The highest BCUT2D eigenvalue weighted by Crippen LogP contribution is 1.96. The van der Waals surface area contributed by atoms with Crippen molar-refractivity contribution in [1.82, 2.24) is 0 Å². The van der Waals surface area contributed by atoms with Gasteiger partial charge in [0.15, 0.2) is 0 Å². The second-order valence-corrected chi connectivity index (χ2v) is 2.00. The Morgan fingerprint density at radius 2 is 2.00 bits per heavy atom. The van der Waals surface area contributed by atoms with Crippen LogP contribution in [0, 0.1) is 20.2 Å². The molecule has 0 aromatic rings. The smallest absolute Gasteiger partial charge is 0.264 e. The lowest BCUT2D eigenvalue weighted by atomic mass is 10.3. The molecule has 0 heterocycles. The highest BCUT2D eigenvalue weighted by Gasteiger charge is 2.10. The molecule has 0 radical (unpaired) electrons. The van der Waals surface area contributed by atoms with Gasteiger partial charge in [0.2, 0.25) is 6.54 Å². The Morgan fingerprint density at radius 3 is 2.38 bits per heavy atom. The normalized spacial score (nSPS) is 10.7. The summed E-state index contributed by atoms with van der Waals surface area (Å²) in [6.45, 7) is 0.619. The monoisotopic (exact) mass is 190 g/mol. The first-order valence-corrected chi connectivity index (χ1v) is 3.08. The summed E-state index contributed by atoms with van der Waals surface area (Å²) < 4.78 is 0. The van der Waals surface area contributed by atoms with Crippen molar-refractivity contribution in [2.24, 2.45) is 0 Å². The van der Waals surface area contributed by atoms with Crippen molar-refractivity contribution in [3.05, 3.63) is 31.9 Å². The summed E-state index contributed by atoms with van der Waals surface area (Å²) >= 11 is 0. The molecule has 0 aromatic heterocycles. The summed E-state index contributed by atoms with van der Waals surface area (Å²) in [5.74, 6) is -1.20. The van der Waals surface area contributed by atoms with Gasteiger partial charge in [-0.15, -0.1) is 10.1 Å². The van der Waals surface area contributed by atoms with E-state index in [1.165, 1.54) is 6.92 Å². The maximum absolute atomic E-state index is 10.6. The molecule has 0 N–H and O–H groups in total. The van der Waals surface area contributed by atoms with Crippen LogP contribution in [0.5, 0.6) is 0 Å². The van der Waals surface area contributed by atoms with Gasteiger partial charge in [0.25, 0.3) is 0 Å². The van der Waals surface area contributed by atoms with Gasteiger partial charge in [0.05, 0.1) is 0 Å². The summed E-state index contributed by atoms with van der Waals surface area (Å²) in [6, 6.07) is 0. The molecule has 0 saturated carbocycles. The predicted molar refractivity (Wildman–Crippen MR) is 38.7 cm³/mol. The van der Waals surface area contributed by atoms with Crippen LogP contribution in [0.2, 0.25) is 0 Å². The van der Waals surface area contributed by atoms with Crippen LogP contribution in [0.3, 0.4) is 0 Å². The van der Waals surface area contributed by atoms with E-state index >= 15 is 0 Å². The molecule has 0 amide bonds. The number of hydrogen-bond acceptors (Lipinski definition) is 6. The Hall–Kier alpha value is -1.99. The molecule has 8 nitrogen and oxygen atoms in total. The van der Waals surface area contributed by atoms with E-state index in [1.54, 1.807) is 0 Å². The molecule has 0 unspecified atom stereocenters. The largest absolute Gasteiger partial charge is 0.330 e. The van der Waals surface area contributed by atoms with Gasteiger partial charge >= 0.3 is 11.1 Å². The van der Waals surface area contributed by atoms with Crippen LogP contribution in [0.4, 0.5) is 0 Å². The highest BCUT2D eigenvalue weighted by atomic mass is 17.0. The number of carbonyl (C=O) groups is 1. The molecule has 0 aliphatic carbocycles. The number of nitrogens with zero attached hydrogens (tertiary/aromatic N) is 2. The van der Waals surface area contributed by atoms with Crippen molar-refractivity contribution in [3.8, 4) is 0 Å². The zero-order valence-corrected chi connectivity index (χ0v) is 6.63. The summed E-state index contributed by atoms with van der Waals surface area (Å²) in [7, 11) is 0. The van der Waals surface area contributed by atoms with Crippen LogP contribution in [0.15, 0.2) is 11.6 Å². The second kappa shape index (κ2) is 4.80. The molecule has 0 aromatic carbocycles. The van der Waals surface area contributed by atoms with Crippen molar-refractivity contribution in [3.63, 3.8) is 0 Å². The molecule has 0 rings (SSSR count). The van der Waals surface area contributed by atoms with E-state index in [2.05, 4.69) is 4.84 Å². The summed E-state index contributed by atoms with van der Waals surface area (Å²) in [5.41, 5.74) is -0.173. The fourth-order valence-electron chi connectivity index (χ4n) is 0.434. The first-order chi connectivity index (χ1) is 5.93. The van der Waals surface area contributed by atoms with Crippen LogP contribution >= 0.6 is 0 Å². The van der Waals surface area contributed by atoms with Crippen LogP contribution < -0.4 is 0 Å². The Morgan fingerprint density at radius 1 is 1.46 bits per heavy atom. The van der Waals surface area contributed by atoms with Crippen molar-refractivity contribution < 1.29 is 19.6 Å².